The second-order valence-electron chi connectivity index (χ2n) is 5.84. The van der Waals surface area contributed by atoms with Gasteiger partial charge in [-0.25, -0.2) is 0 Å². The highest BCUT2D eigenvalue weighted by atomic mass is 35.5. The highest BCUT2D eigenvalue weighted by Gasteiger charge is 2.30. The molecule has 0 saturated carbocycles. The van der Waals surface area contributed by atoms with E-state index in [1.807, 2.05) is 6.07 Å². The van der Waals surface area contributed by atoms with Crippen molar-refractivity contribution < 1.29 is 0 Å². The van der Waals surface area contributed by atoms with Crippen LogP contribution in [0.3, 0.4) is 0 Å². The molecule has 0 unspecified atom stereocenters. The number of rotatable bonds is 3. The van der Waals surface area contributed by atoms with Crippen LogP contribution in [0, 0.1) is 5.41 Å². The number of hydrogen-bond donors (Lipinski definition) is 2. The number of H-pyrrole nitrogens is 1. The number of anilines is 1. The van der Waals surface area contributed by atoms with Crippen LogP contribution in [0.5, 0.6) is 0 Å². The zero-order valence-corrected chi connectivity index (χ0v) is 12.8. The molecule has 0 atom stereocenters. The summed E-state index contributed by atoms with van der Waals surface area (Å²) in [4.78, 5) is 10.7. The molecule has 1 aliphatic heterocycles. The van der Waals surface area contributed by atoms with Crippen LogP contribution in [-0.4, -0.2) is 39.8 Å². The average molecular weight is 307 g/mol. The molecule has 2 aromatic rings. The molecule has 6 nitrogen and oxygen atoms in total. The van der Waals surface area contributed by atoms with Crippen LogP contribution in [0.15, 0.2) is 18.5 Å². The van der Waals surface area contributed by atoms with E-state index in [9.17, 15) is 0 Å². The number of aromatic amines is 1. The summed E-state index contributed by atoms with van der Waals surface area (Å²) in [6.45, 7) is 4.82. The number of nitrogens with two attached hydrogens (primary N) is 1. The van der Waals surface area contributed by atoms with Gasteiger partial charge in [-0.15, -0.1) is 5.10 Å². The minimum absolute atomic E-state index is 0.240. The Labute approximate surface area is 128 Å². The van der Waals surface area contributed by atoms with Crippen molar-refractivity contribution in [3.8, 4) is 11.4 Å². The smallest absolute Gasteiger partial charge is 0.245 e. The predicted octanol–water partition coefficient (Wildman–Crippen LogP) is 2.09. The van der Waals surface area contributed by atoms with Gasteiger partial charge in [0, 0.05) is 31.0 Å². The largest absolute Gasteiger partial charge is 0.339 e. The molecule has 7 heteroatoms. The van der Waals surface area contributed by atoms with Crippen molar-refractivity contribution in [1.29, 1.82) is 0 Å². The Hall–Kier alpha value is -1.66. The average Bonchev–Trinajstić information content (AvgIpc) is 2.98. The molecular formula is C14H19ClN6. The lowest BCUT2D eigenvalue weighted by Gasteiger charge is -2.38. The Morgan fingerprint density at radius 1 is 1.43 bits per heavy atom. The molecule has 2 aromatic heterocycles. The van der Waals surface area contributed by atoms with Gasteiger partial charge in [0.2, 0.25) is 5.95 Å². The molecule has 0 amide bonds. The Balaban J connectivity index is 1.76. The minimum atomic E-state index is 0.240. The number of nitrogens with one attached hydrogen (secondary N) is 1. The molecular weight excluding hydrogens is 288 g/mol. The van der Waals surface area contributed by atoms with E-state index in [1.54, 1.807) is 12.4 Å². The van der Waals surface area contributed by atoms with E-state index in [2.05, 4.69) is 32.0 Å². The fourth-order valence-corrected chi connectivity index (χ4v) is 2.74. The summed E-state index contributed by atoms with van der Waals surface area (Å²) < 4.78 is 0. The molecule has 1 aliphatic rings. The number of pyridine rings is 1. The maximum Gasteiger partial charge on any atom is 0.245 e. The van der Waals surface area contributed by atoms with E-state index >= 15 is 0 Å². The third-order valence-corrected chi connectivity index (χ3v) is 4.55. The second kappa shape index (κ2) is 5.61. The number of halogens is 1. The quantitative estimate of drug-likeness (QED) is 0.907. The first-order valence-corrected chi connectivity index (χ1v) is 7.46. The van der Waals surface area contributed by atoms with Crippen molar-refractivity contribution in [3.05, 3.63) is 23.5 Å². The number of aromatic nitrogens is 4. The summed E-state index contributed by atoms with van der Waals surface area (Å²) in [5.41, 5.74) is 6.90. The Kier molecular flexibility index (Phi) is 3.82. The maximum absolute atomic E-state index is 6.13. The van der Waals surface area contributed by atoms with Crippen LogP contribution in [0.25, 0.3) is 11.4 Å². The van der Waals surface area contributed by atoms with Gasteiger partial charge in [0.05, 0.1) is 5.02 Å². The van der Waals surface area contributed by atoms with Crippen LogP contribution in [-0.2, 0) is 0 Å². The minimum Gasteiger partial charge on any atom is -0.339 e. The molecule has 3 rings (SSSR count). The summed E-state index contributed by atoms with van der Waals surface area (Å²) in [6, 6.07) is 1.83. The van der Waals surface area contributed by atoms with Crippen LogP contribution in [0.1, 0.15) is 19.8 Å². The number of hydrogen-bond acceptors (Lipinski definition) is 5. The number of piperidine rings is 1. The van der Waals surface area contributed by atoms with Gasteiger partial charge in [-0.05, 0) is 30.9 Å². The van der Waals surface area contributed by atoms with Gasteiger partial charge in [-0.1, -0.05) is 18.5 Å². The Morgan fingerprint density at radius 2 is 2.19 bits per heavy atom. The van der Waals surface area contributed by atoms with E-state index in [0.29, 0.717) is 10.8 Å². The summed E-state index contributed by atoms with van der Waals surface area (Å²) in [5.74, 6) is 1.39. The fourth-order valence-electron chi connectivity index (χ4n) is 2.53. The van der Waals surface area contributed by atoms with Gasteiger partial charge in [-0.3, -0.25) is 10.1 Å². The van der Waals surface area contributed by atoms with Crippen molar-refractivity contribution in [1.82, 2.24) is 20.2 Å². The predicted molar refractivity (Wildman–Crippen MR) is 83.2 cm³/mol. The normalized spacial score (nSPS) is 18.0. The van der Waals surface area contributed by atoms with E-state index < -0.39 is 0 Å². The topological polar surface area (TPSA) is 83.7 Å². The lowest BCUT2D eigenvalue weighted by molar-refractivity contribution is 0.257. The van der Waals surface area contributed by atoms with Crippen molar-refractivity contribution in [2.24, 2.45) is 11.1 Å². The zero-order chi connectivity index (χ0) is 14.9. The van der Waals surface area contributed by atoms with E-state index in [1.165, 1.54) is 0 Å². The van der Waals surface area contributed by atoms with Gasteiger partial charge >= 0.3 is 0 Å². The lowest BCUT2D eigenvalue weighted by atomic mass is 9.81. The van der Waals surface area contributed by atoms with Crippen LogP contribution in [0.4, 0.5) is 5.95 Å². The molecule has 1 saturated heterocycles. The highest BCUT2D eigenvalue weighted by Crippen LogP contribution is 2.31. The van der Waals surface area contributed by atoms with Gasteiger partial charge in [0.15, 0.2) is 5.82 Å². The van der Waals surface area contributed by atoms with Crippen LogP contribution >= 0.6 is 11.6 Å². The SMILES string of the molecule is CC1(CN)CCN(c2n[nH]c(-c3ccncc3Cl)n2)CC1. The Morgan fingerprint density at radius 3 is 2.86 bits per heavy atom. The molecule has 112 valence electrons. The zero-order valence-electron chi connectivity index (χ0n) is 12.0. The molecule has 3 heterocycles. The lowest BCUT2D eigenvalue weighted by Crippen LogP contribution is -2.42. The van der Waals surface area contributed by atoms with Gasteiger partial charge in [-0.2, -0.15) is 4.98 Å². The van der Waals surface area contributed by atoms with Crippen molar-refractivity contribution in [2.75, 3.05) is 24.5 Å². The Bertz CT molecular complexity index is 617. The standard InChI is InChI=1S/C14H19ClN6/c1-14(9-16)3-6-21(7-4-14)13-18-12(19-20-13)10-2-5-17-8-11(10)15/h2,5,8H,3-4,6-7,9,16H2,1H3,(H,18,19,20). The molecule has 3 N–H and O–H groups in total. The second-order valence-corrected chi connectivity index (χ2v) is 6.25. The first-order valence-electron chi connectivity index (χ1n) is 7.09. The molecule has 0 aromatic carbocycles. The summed E-state index contributed by atoms with van der Waals surface area (Å²) in [5, 5.41) is 7.83. The first kappa shape index (κ1) is 14.3. The monoisotopic (exact) mass is 306 g/mol. The van der Waals surface area contributed by atoms with Crippen LogP contribution < -0.4 is 10.6 Å². The van der Waals surface area contributed by atoms with Crippen molar-refractivity contribution in [3.63, 3.8) is 0 Å². The third-order valence-electron chi connectivity index (χ3n) is 4.25. The van der Waals surface area contributed by atoms with E-state index in [0.717, 1.165) is 44.0 Å². The summed E-state index contributed by atoms with van der Waals surface area (Å²) in [7, 11) is 0. The summed E-state index contributed by atoms with van der Waals surface area (Å²) >= 11 is 6.13. The third kappa shape index (κ3) is 2.87. The van der Waals surface area contributed by atoms with Crippen LogP contribution in [0.2, 0.25) is 5.02 Å². The van der Waals surface area contributed by atoms with E-state index in [-0.39, 0.29) is 5.41 Å². The van der Waals surface area contributed by atoms with Crippen molar-refractivity contribution >= 4 is 17.5 Å². The maximum atomic E-state index is 6.13. The summed E-state index contributed by atoms with van der Waals surface area (Å²) in [6.07, 6.45) is 5.41. The fraction of sp³-hybridized carbons (Fsp3) is 0.500. The van der Waals surface area contributed by atoms with Gasteiger partial charge < -0.3 is 10.6 Å². The molecule has 21 heavy (non-hydrogen) atoms. The molecule has 0 spiro atoms. The molecule has 0 bridgehead atoms. The number of nitrogens with zero attached hydrogens (tertiary/aromatic N) is 4. The molecule has 0 aliphatic carbocycles. The highest BCUT2D eigenvalue weighted by molar-refractivity contribution is 6.33. The van der Waals surface area contributed by atoms with Crippen molar-refractivity contribution in [2.45, 2.75) is 19.8 Å². The molecule has 1 fully saturated rings. The van der Waals surface area contributed by atoms with E-state index in [4.69, 9.17) is 17.3 Å². The van der Waals surface area contributed by atoms with Gasteiger partial charge in [0.1, 0.15) is 0 Å². The van der Waals surface area contributed by atoms with Gasteiger partial charge in [0.25, 0.3) is 0 Å². The first-order chi connectivity index (χ1) is 10.1. The molecule has 0 radical (unpaired) electrons.